The fourth-order valence-corrected chi connectivity index (χ4v) is 8.47. The van der Waals surface area contributed by atoms with Gasteiger partial charge >= 0.3 is 18.5 Å². The van der Waals surface area contributed by atoms with Crippen LogP contribution in [0, 0.1) is 26.6 Å². The van der Waals surface area contributed by atoms with Crippen LogP contribution in [0.3, 0.4) is 0 Å². The van der Waals surface area contributed by atoms with Crippen LogP contribution >= 0.6 is 0 Å². The molecule has 0 aliphatic carbocycles. The lowest BCUT2D eigenvalue weighted by Gasteiger charge is -2.19. The number of rotatable bonds is 10. The summed E-state index contributed by atoms with van der Waals surface area (Å²) < 4.78 is 164. The summed E-state index contributed by atoms with van der Waals surface area (Å²) in [7, 11) is -0.943. The molecule has 0 saturated carbocycles. The third-order valence-corrected chi connectivity index (χ3v) is 13.6. The van der Waals surface area contributed by atoms with Gasteiger partial charge in [0.15, 0.2) is 9.84 Å². The van der Waals surface area contributed by atoms with Crippen LogP contribution in [0.5, 0.6) is 0 Å². The largest absolute Gasteiger partial charge is 0.417 e. The molecule has 6 aromatic rings. The van der Waals surface area contributed by atoms with E-state index in [1.807, 2.05) is 6.92 Å². The molecule has 3 aromatic heterocycles. The van der Waals surface area contributed by atoms with Crippen molar-refractivity contribution >= 4 is 55.8 Å². The predicted octanol–water partition coefficient (Wildman–Crippen LogP) is 11.8. The number of amides is 3. The Morgan fingerprint density at radius 2 is 0.865 bits per heavy atom. The molecule has 0 aliphatic heterocycles. The average Bonchev–Trinajstić information content (AvgIpc) is 3.34. The van der Waals surface area contributed by atoms with Gasteiger partial charge in [-0.25, -0.2) is 27.8 Å². The van der Waals surface area contributed by atoms with Crippen LogP contribution in [0.2, 0.25) is 0 Å². The van der Waals surface area contributed by atoms with Crippen molar-refractivity contribution in [2.75, 3.05) is 47.3 Å². The van der Waals surface area contributed by atoms with Gasteiger partial charge in [0.1, 0.15) is 23.3 Å². The topological polar surface area (TPSA) is 151 Å². The molecule has 12 nitrogen and oxygen atoms in total. The van der Waals surface area contributed by atoms with E-state index in [9.17, 15) is 70.9 Å². The van der Waals surface area contributed by atoms with Gasteiger partial charge in [0.2, 0.25) is 0 Å². The average molecular weight is 1090 g/mol. The quantitative estimate of drug-likeness (QED) is 0.122. The number of aromatic nitrogens is 3. The Balaban J connectivity index is 0.000000292. The number of nitrogens with zero attached hydrogens (tertiary/aromatic N) is 6. The fraction of sp³-hybridized carbons (Fsp3) is 0.280. The van der Waals surface area contributed by atoms with Crippen molar-refractivity contribution in [3.8, 4) is 0 Å². The SMILES string of the molecule is C.CCS(=O)(=O)c1cc(C)ccc1C(=O)N(C)c1ccc(C(F)(F)F)cn1.CCS(=O)c1cc(C)ccc1C(=O)N(C)c1ccc(C(F)(F)F)cn1.Cc1ccc(C(=O)N(C)c2ccc(C(F)(F)F)cn2)c(F)c1. The molecule has 0 bridgehead atoms. The van der Waals surface area contributed by atoms with Gasteiger partial charge in [-0.2, -0.15) is 39.5 Å². The number of carbonyl (C=O) groups excluding carboxylic acids is 3. The first-order valence-electron chi connectivity index (χ1n) is 21.3. The molecule has 0 saturated heterocycles. The van der Waals surface area contributed by atoms with Crippen LogP contribution in [0.1, 0.15) is 85.7 Å². The summed E-state index contributed by atoms with van der Waals surface area (Å²) in [5.74, 6) is -2.32. The maximum absolute atomic E-state index is 13.8. The van der Waals surface area contributed by atoms with E-state index in [0.717, 1.165) is 56.7 Å². The number of benzene rings is 3. The molecule has 0 radical (unpaired) electrons. The standard InChI is InChI=1S/C17H17F3N2O3S.C17H17F3N2O2S.C15H12F4N2O.CH4/c1-4-26(24,25)14-9-11(2)5-7-13(14)16(23)22(3)15-8-6-12(10-21-15)17(18,19)20;1-4-25(24)14-9-11(2)5-7-13(14)16(23)22(3)15-8-6-12(10-21-15)17(18,19)20;1-9-3-5-11(12(16)7-9)14(22)21(2)13-6-4-10(8-20-13)15(17,18)19;/h5-10H,4H2,1-3H3;5-10H,4H2,1-3H3;3-8H,1-2H3;1H4. The van der Waals surface area contributed by atoms with Gasteiger partial charge < -0.3 is 0 Å². The van der Waals surface area contributed by atoms with Crippen molar-refractivity contribution < 1.29 is 70.9 Å². The van der Waals surface area contributed by atoms with Crippen molar-refractivity contribution in [3.63, 3.8) is 0 Å². The van der Waals surface area contributed by atoms with Gasteiger partial charge in [-0.1, -0.05) is 39.5 Å². The number of halogens is 10. The minimum absolute atomic E-state index is 0. The first kappa shape index (κ1) is 61.2. The third kappa shape index (κ3) is 15.5. The zero-order valence-electron chi connectivity index (χ0n) is 40.0. The summed E-state index contributed by atoms with van der Waals surface area (Å²) in [5.41, 5.74) is -0.533. The molecule has 0 spiro atoms. The van der Waals surface area contributed by atoms with Gasteiger partial charge in [-0.15, -0.1) is 0 Å². The first-order chi connectivity index (χ1) is 33.8. The highest BCUT2D eigenvalue weighted by Gasteiger charge is 2.34. The van der Waals surface area contributed by atoms with E-state index in [2.05, 4.69) is 15.0 Å². The molecule has 1 unspecified atom stereocenters. The molecule has 3 aromatic carbocycles. The molecule has 74 heavy (non-hydrogen) atoms. The minimum atomic E-state index is -4.53. The first-order valence-corrected chi connectivity index (χ1v) is 24.3. The van der Waals surface area contributed by atoms with Gasteiger partial charge in [0, 0.05) is 45.5 Å². The second-order valence-electron chi connectivity index (χ2n) is 15.8. The number of anilines is 3. The Morgan fingerprint density at radius 1 is 0.527 bits per heavy atom. The van der Waals surface area contributed by atoms with E-state index >= 15 is 0 Å². The Morgan fingerprint density at radius 3 is 1.20 bits per heavy atom. The van der Waals surface area contributed by atoms with Crippen LogP contribution in [0.15, 0.2) is 119 Å². The van der Waals surface area contributed by atoms with Crippen molar-refractivity contribution in [2.45, 2.75) is 70.4 Å². The van der Waals surface area contributed by atoms with Crippen molar-refractivity contribution in [3.05, 3.63) is 165 Å². The van der Waals surface area contributed by atoms with Gasteiger partial charge in [0.05, 0.1) is 59.7 Å². The van der Waals surface area contributed by atoms with Crippen LogP contribution in [0.4, 0.5) is 61.4 Å². The monoisotopic (exact) mass is 1080 g/mol. The number of hydrogen-bond donors (Lipinski definition) is 0. The number of carbonyl (C=O) groups is 3. The van der Waals surface area contributed by atoms with E-state index in [4.69, 9.17) is 0 Å². The van der Waals surface area contributed by atoms with Crippen molar-refractivity contribution in [2.24, 2.45) is 0 Å². The number of sulfone groups is 1. The normalized spacial score (nSPS) is 11.9. The third-order valence-electron chi connectivity index (χ3n) is 10.5. The fourth-order valence-electron chi connectivity index (χ4n) is 6.27. The minimum Gasteiger partial charge on any atom is -0.296 e. The Kier molecular flexibility index (Phi) is 20.5. The summed E-state index contributed by atoms with van der Waals surface area (Å²) in [5, 5.41) is 0. The number of hydrogen-bond acceptors (Lipinski definition) is 9. The van der Waals surface area contributed by atoms with E-state index in [-0.39, 0.29) is 52.2 Å². The highest BCUT2D eigenvalue weighted by Crippen LogP contribution is 2.32. The molecule has 3 amide bonds. The summed E-state index contributed by atoms with van der Waals surface area (Å²) in [6.07, 6.45) is -11.6. The molecule has 1 atom stereocenters. The maximum atomic E-state index is 13.8. The summed E-state index contributed by atoms with van der Waals surface area (Å²) in [6, 6.07) is 19.2. The molecule has 0 fully saturated rings. The second-order valence-corrected chi connectivity index (χ2v) is 19.8. The molecule has 0 aliphatic rings. The molecule has 398 valence electrons. The molecule has 6 rings (SSSR count). The Labute approximate surface area is 423 Å². The Bertz CT molecular complexity index is 3080. The molecule has 0 N–H and O–H groups in total. The van der Waals surface area contributed by atoms with Crippen LogP contribution in [0.25, 0.3) is 0 Å². The second kappa shape index (κ2) is 24.8. The Hall–Kier alpha value is -7.08. The summed E-state index contributed by atoms with van der Waals surface area (Å²) >= 11 is 0. The number of aryl methyl sites for hydroxylation is 3. The summed E-state index contributed by atoms with van der Waals surface area (Å²) in [6.45, 7) is 8.41. The van der Waals surface area contributed by atoms with Crippen molar-refractivity contribution in [1.29, 1.82) is 0 Å². The lowest BCUT2D eigenvalue weighted by Crippen LogP contribution is -2.29. The lowest BCUT2D eigenvalue weighted by molar-refractivity contribution is -0.138. The smallest absolute Gasteiger partial charge is 0.296 e. The van der Waals surface area contributed by atoms with E-state index < -0.39 is 79.4 Å². The maximum Gasteiger partial charge on any atom is 0.417 e. The van der Waals surface area contributed by atoms with E-state index in [1.165, 1.54) is 52.3 Å². The molecular weight excluding hydrogens is 1030 g/mol. The highest BCUT2D eigenvalue weighted by atomic mass is 32.2. The van der Waals surface area contributed by atoms with Crippen LogP contribution in [-0.4, -0.2) is 77.9 Å². The molecule has 24 heteroatoms. The van der Waals surface area contributed by atoms with E-state index in [0.29, 0.717) is 40.4 Å². The predicted molar refractivity (Wildman–Crippen MR) is 261 cm³/mol. The zero-order chi connectivity index (χ0) is 55.0. The van der Waals surface area contributed by atoms with Crippen molar-refractivity contribution in [1.82, 2.24) is 15.0 Å². The highest BCUT2D eigenvalue weighted by molar-refractivity contribution is 7.91. The van der Waals surface area contributed by atoms with E-state index in [1.54, 1.807) is 51.1 Å². The number of pyridine rings is 3. The van der Waals surface area contributed by atoms with Gasteiger partial charge in [0.25, 0.3) is 17.7 Å². The van der Waals surface area contributed by atoms with Gasteiger partial charge in [-0.3, -0.25) is 33.3 Å². The molecule has 3 heterocycles. The summed E-state index contributed by atoms with van der Waals surface area (Å²) in [4.78, 5) is 52.0. The number of alkyl halides is 9. The van der Waals surface area contributed by atoms with Gasteiger partial charge in [-0.05, 0) is 110 Å². The lowest BCUT2D eigenvalue weighted by atomic mass is 10.1. The molecular formula is C50H50F10N6O6S2. The van der Waals surface area contributed by atoms with Crippen LogP contribution < -0.4 is 14.7 Å². The zero-order valence-corrected chi connectivity index (χ0v) is 41.7. The van der Waals surface area contributed by atoms with Crippen LogP contribution in [-0.2, 0) is 39.2 Å².